The van der Waals surface area contributed by atoms with Crippen LogP contribution >= 0.6 is 0 Å². The lowest BCUT2D eigenvalue weighted by atomic mass is 9.98. The summed E-state index contributed by atoms with van der Waals surface area (Å²) in [6.45, 7) is 4.42. The molecule has 1 atom stereocenters. The Kier molecular flexibility index (Phi) is 6.67. The molecular weight excluding hydrogens is 404 g/mol. The molecule has 8 heteroatoms. The fourth-order valence-electron chi connectivity index (χ4n) is 3.69. The zero-order chi connectivity index (χ0) is 21.9. The van der Waals surface area contributed by atoms with Crippen molar-refractivity contribution in [3.8, 4) is 11.5 Å². The Morgan fingerprint density at radius 3 is 2.53 bits per heavy atom. The largest absolute Gasteiger partial charge is 0.497 e. The number of nitrogens with one attached hydrogen (secondary N) is 1. The molecule has 1 amide bonds. The van der Waals surface area contributed by atoms with Gasteiger partial charge in [-0.15, -0.1) is 0 Å². The number of hydrogen-bond donors (Lipinski definition) is 1. The SMILES string of the molecule is COc1ccc(OC)c(S(=O)(=O)N2CCC[C@@H](C(=O)Nc3ccc(C)cc3C)C2)c1. The fourth-order valence-corrected chi connectivity index (χ4v) is 5.38. The van der Waals surface area contributed by atoms with Gasteiger partial charge in [-0.05, 0) is 50.5 Å². The van der Waals surface area contributed by atoms with Crippen molar-refractivity contribution in [2.75, 3.05) is 32.6 Å². The molecule has 0 aliphatic carbocycles. The number of anilines is 1. The summed E-state index contributed by atoms with van der Waals surface area (Å²) in [5, 5.41) is 2.95. The molecule has 2 aromatic carbocycles. The first-order valence-electron chi connectivity index (χ1n) is 9.86. The number of carbonyl (C=O) groups is 1. The van der Waals surface area contributed by atoms with Crippen LogP contribution in [0.2, 0.25) is 0 Å². The van der Waals surface area contributed by atoms with Crippen LogP contribution in [0.15, 0.2) is 41.3 Å². The van der Waals surface area contributed by atoms with E-state index in [9.17, 15) is 13.2 Å². The smallest absolute Gasteiger partial charge is 0.246 e. The molecule has 1 saturated heterocycles. The predicted octanol–water partition coefficient (Wildman–Crippen LogP) is 3.36. The standard InChI is InChI=1S/C22H28N2O5S/c1-15-7-9-19(16(2)12-15)23-22(25)17-6-5-11-24(14-17)30(26,27)21-13-18(28-3)8-10-20(21)29-4/h7-10,12-13,17H,5-6,11,14H2,1-4H3,(H,23,25)/t17-/m1/s1. The average molecular weight is 433 g/mol. The van der Waals surface area contributed by atoms with Gasteiger partial charge in [0.1, 0.15) is 16.4 Å². The molecule has 1 heterocycles. The number of sulfonamides is 1. The van der Waals surface area contributed by atoms with E-state index in [4.69, 9.17) is 9.47 Å². The summed E-state index contributed by atoms with van der Waals surface area (Å²) in [4.78, 5) is 12.9. The van der Waals surface area contributed by atoms with Gasteiger partial charge in [0.25, 0.3) is 0 Å². The molecule has 0 unspecified atom stereocenters. The minimum Gasteiger partial charge on any atom is -0.497 e. The van der Waals surface area contributed by atoms with Crippen molar-refractivity contribution < 1.29 is 22.7 Å². The Morgan fingerprint density at radius 2 is 1.87 bits per heavy atom. The van der Waals surface area contributed by atoms with Crippen LogP contribution in [-0.2, 0) is 14.8 Å². The highest BCUT2D eigenvalue weighted by Crippen LogP contribution is 2.33. The highest BCUT2D eigenvalue weighted by atomic mass is 32.2. The van der Waals surface area contributed by atoms with E-state index in [1.807, 2.05) is 32.0 Å². The van der Waals surface area contributed by atoms with Gasteiger partial charge in [0.2, 0.25) is 15.9 Å². The van der Waals surface area contributed by atoms with Gasteiger partial charge in [-0.1, -0.05) is 17.7 Å². The van der Waals surface area contributed by atoms with Gasteiger partial charge in [-0.3, -0.25) is 4.79 Å². The number of nitrogens with zero attached hydrogens (tertiary/aromatic N) is 1. The molecule has 0 aromatic heterocycles. The van der Waals surface area contributed by atoms with Crippen LogP contribution in [0, 0.1) is 19.8 Å². The number of methoxy groups -OCH3 is 2. The number of carbonyl (C=O) groups excluding carboxylic acids is 1. The number of benzene rings is 2. The van der Waals surface area contributed by atoms with E-state index in [1.54, 1.807) is 12.1 Å². The molecule has 0 radical (unpaired) electrons. The Balaban J connectivity index is 1.80. The zero-order valence-corrected chi connectivity index (χ0v) is 18.6. The van der Waals surface area contributed by atoms with E-state index in [0.717, 1.165) is 16.8 Å². The van der Waals surface area contributed by atoms with Gasteiger partial charge in [0.05, 0.1) is 20.1 Å². The first-order chi connectivity index (χ1) is 14.3. The normalized spacial score (nSPS) is 17.4. The zero-order valence-electron chi connectivity index (χ0n) is 17.8. The molecule has 1 fully saturated rings. The van der Waals surface area contributed by atoms with Crippen molar-refractivity contribution in [1.29, 1.82) is 0 Å². The number of aryl methyl sites for hydroxylation is 2. The second-order valence-corrected chi connectivity index (χ2v) is 9.43. The van der Waals surface area contributed by atoms with Crippen LogP contribution in [0.3, 0.4) is 0 Å². The Morgan fingerprint density at radius 1 is 1.10 bits per heavy atom. The Labute approximate surface area is 178 Å². The summed E-state index contributed by atoms with van der Waals surface area (Å²) >= 11 is 0. The third-order valence-electron chi connectivity index (χ3n) is 5.38. The maximum Gasteiger partial charge on any atom is 0.246 e. The molecular formula is C22H28N2O5S. The summed E-state index contributed by atoms with van der Waals surface area (Å²) in [6, 6.07) is 10.5. The predicted molar refractivity (Wildman–Crippen MR) is 116 cm³/mol. The molecule has 162 valence electrons. The fraction of sp³-hybridized carbons (Fsp3) is 0.409. The van der Waals surface area contributed by atoms with Crippen LogP contribution in [0.5, 0.6) is 11.5 Å². The highest BCUT2D eigenvalue weighted by molar-refractivity contribution is 7.89. The van der Waals surface area contributed by atoms with E-state index in [0.29, 0.717) is 25.1 Å². The summed E-state index contributed by atoms with van der Waals surface area (Å²) in [7, 11) is -0.936. The van der Waals surface area contributed by atoms with Crippen molar-refractivity contribution in [3.05, 3.63) is 47.5 Å². The van der Waals surface area contributed by atoms with Crippen molar-refractivity contribution in [2.24, 2.45) is 5.92 Å². The van der Waals surface area contributed by atoms with Crippen LogP contribution in [0.25, 0.3) is 0 Å². The maximum atomic E-state index is 13.3. The van der Waals surface area contributed by atoms with E-state index in [-0.39, 0.29) is 23.1 Å². The lowest BCUT2D eigenvalue weighted by molar-refractivity contribution is -0.120. The van der Waals surface area contributed by atoms with Crippen molar-refractivity contribution in [1.82, 2.24) is 4.31 Å². The topological polar surface area (TPSA) is 84.9 Å². The molecule has 1 aliphatic rings. The monoisotopic (exact) mass is 432 g/mol. The van der Waals surface area contributed by atoms with Gasteiger partial charge >= 0.3 is 0 Å². The molecule has 0 spiro atoms. The molecule has 7 nitrogen and oxygen atoms in total. The highest BCUT2D eigenvalue weighted by Gasteiger charge is 2.35. The molecule has 1 N–H and O–H groups in total. The Hall–Kier alpha value is -2.58. The first kappa shape index (κ1) is 22.1. The van der Waals surface area contributed by atoms with E-state index < -0.39 is 15.9 Å². The van der Waals surface area contributed by atoms with Crippen LogP contribution in [0.1, 0.15) is 24.0 Å². The maximum absolute atomic E-state index is 13.3. The minimum absolute atomic E-state index is 0.0415. The van der Waals surface area contributed by atoms with E-state index in [1.165, 1.54) is 24.6 Å². The molecule has 0 bridgehead atoms. The van der Waals surface area contributed by atoms with Gasteiger partial charge in [-0.2, -0.15) is 4.31 Å². The van der Waals surface area contributed by atoms with Crippen molar-refractivity contribution >= 4 is 21.6 Å². The van der Waals surface area contributed by atoms with Crippen molar-refractivity contribution in [3.63, 3.8) is 0 Å². The summed E-state index contributed by atoms with van der Waals surface area (Å²) < 4.78 is 38.4. The third kappa shape index (κ3) is 4.60. The number of hydrogen-bond acceptors (Lipinski definition) is 5. The summed E-state index contributed by atoms with van der Waals surface area (Å²) in [5.41, 5.74) is 2.84. The number of amides is 1. The van der Waals surface area contributed by atoms with Crippen LogP contribution in [-0.4, -0.2) is 45.9 Å². The van der Waals surface area contributed by atoms with Gasteiger partial charge < -0.3 is 14.8 Å². The lowest BCUT2D eigenvalue weighted by Crippen LogP contribution is -2.43. The summed E-state index contributed by atoms with van der Waals surface area (Å²) in [6.07, 6.45) is 1.24. The summed E-state index contributed by atoms with van der Waals surface area (Å²) in [5.74, 6) is 0.0819. The number of ether oxygens (including phenoxy) is 2. The van der Waals surface area contributed by atoms with Crippen LogP contribution in [0.4, 0.5) is 5.69 Å². The Bertz CT molecular complexity index is 1040. The number of rotatable bonds is 6. The van der Waals surface area contributed by atoms with Crippen LogP contribution < -0.4 is 14.8 Å². The first-order valence-corrected chi connectivity index (χ1v) is 11.3. The third-order valence-corrected chi connectivity index (χ3v) is 7.27. The van der Waals surface area contributed by atoms with Gasteiger partial charge in [0, 0.05) is 24.8 Å². The molecule has 30 heavy (non-hydrogen) atoms. The van der Waals surface area contributed by atoms with Gasteiger partial charge in [-0.25, -0.2) is 8.42 Å². The van der Waals surface area contributed by atoms with Crippen molar-refractivity contribution in [2.45, 2.75) is 31.6 Å². The molecule has 3 rings (SSSR count). The molecule has 1 aliphatic heterocycles. The average Bonchev–Trinajstić information content (AvgIpc) is 2.75. The molecule has 0 saturated carbocycles. The molecule has 2 aromatic rings. The van der Waals surface area contributed by atoms with E-state index >= 15 is 0 Å². The van der Waals surface area contributed by atoms with E-state index in [2.05, 4.69) is 5.32 Å². The quantitative estimate of drug-likeness (QED) is 0.757. The second kappa shape index (κ2) is 9.06. The lowest BCUT2D eigenvalue weighted by Gasteiger charge is -2.31. The minimum atomic E-state index is -3.84. The second-order valence-electron chi connectivity index (χ2n) is 7.53. The van der Waals surface area contributed by atoms with Gasteiger partial charge in [0.15, 0.2) is 0 Å². The number of piperidine rings is 1.